The third-order valence-corrected chi connectivity index (χ3v) is 2.97. The van der Waals surface area contributed by atoms with Crippen molar-refractivity contribution in [1.29, 1.82) is 0 Å². The molecule has 2 rings (SSSR count). The van der Waals surface area contributed by atoms with E-state index in [1.165, 1.54) is 6.07 Å². The molecule has 2 nitrogen and oxygen atoms in total. The molecule has 2 aromatic rings. The second-order valence-electron chi connectivity index (χ2n) is 4.03. The van der Waals surface area contributed by atoms with Gasteiger partial charge in [-0.15, -0.1) is 11.6 Å². The summed E-state index contributed by atoms with van der Waals surface area (Å²) in [6, 6.07) is 3.57. The van der Waals surface area contributed by atoms with Crippen LogP contribution in [-0.4, -0.2) is 9.55 Å². The monoisotopic (exact) mass is 276 g/mol. The van der Waals surface area contributed by atoms with Crippen LogP contribution < -0.4 is 0 Å². The highest BCUT2D eigenvalue weighted by molar-refractivity contribution is 6.20. The molecule has 1 aromatic carbocycles. The summed E-state index contributed by atoms with van der Waals surface area (Å²) in [4.78, 5) is 4.19. The fourth-order valence-corrected chi connectivity index (χ4v) is 2.13. The van der Waals surface area contributed by atoms with E-state index >= 15 is 0 Å². The fraction of sp³-hybridized carbons (Fsp3) is 0.417. The van der Waals surface area contributed by atoms with E-state index in [2.05, 4.69) is 4.98 Å². The molecule has 1 aromatic heterocycles. The molecule has 18 heavy (non-hydrogen) atoms. The van der Waals surface area contributed by atoms with Gasteiger partial charge in [0.1, 0.15) is 5.82 Å². The molecule has 0 radical (unpaired) electrons. The lowest BCUT2D eigenvalue weighted by Gasteiger charge is -2.08. The predicted molar refractivity (Wildman–Crippen MR) is 64.7 cm³/mol. The van der Waals surface area contributed by atoms with Crippen molar-refractivity contribution in [3.63, 3.8) is 0 Å². The molecule has 0 aliphatic carbocycles. The quantitative estimate of drug-likeness (QED) is 0.745. The molecule has 0 saturated heterocycles. The van der Waals surface area contributed by atoms with Crippen LogP contribution in [0.4, 0.5) is 13.2 Å². The van der Waals surface area contributed by atoms with Crippen LogP contribution in [0.25, 0.3) is 11.0 Å². The van der Waals surface area contributed by atoms with Gasteiger partial charge in [-0.2, -0.15) is 13.2 Å². The Kier molecular flexibility index (Phi) is 3.27. The van der Waals surface area contributed by atoms with E-state index in [4.69, 9.17) is 11.6 Å². The van der Waals surface area contributed by atoms with Crippen molar-refractivity contribution in [3.8, 4) is 0 Å². The Labute approximate surface area is 107 Å². The van der Waals surface area contributed by atoms with Crippen molar-refractivity contribution in [3.05, 3.63) is 29.6 Å². The van der Waals surface area contributed by atoms with Crippen LogP contribution in [0.1, 0.15) is 30.6 Å². The average Bonchev–Trinajstić information content (AvgIpc) is 2.65. The van der Waals surface area contributed by atoms with Crippen LogP contribution in [0.15, 0.2) is 18.2 Å². The van der Waals surface area contributed by atoms with Gasteiger partial charge < -0.3 is 4.57 Å². The predicted octanol–water partition coefficient (Wildman–Crippen LogP) is 4.37. The lowest BCUT2D eigenvalue weighted by atomic mass is 10.2. The van der Waals surface area contributed by atoms with Gasteiger partial charge in [-0.1, -0.05) is 0 Å². The minimum absolute atomic E-state index is 0.328. The van der Waals surface area contributed by atoms with Crippen molar-refractivity contribution in [2.45, 2.75) is 31.9 Å². The Bertz CT molecular complexity index is 572. The van der Waals surface area contributed by atoms with Crippen molar-refractivity contribution in [1.82, 2.24) is 9.55 Å². The summed E-state index contributed by atoms with van der Waals surface area (Å²) < 4.78 is 39.6. The Morgan fingerprint density at radius 2 is 2.06 bits per heavy atom. The zero-order chi connectivity index (χ0) is 13.5. The number of benzene rings is 1. The first-order valence-electron chi connectivity index (χ1n) is 5.56. The van der Waals surface area contributed by atoms with Gasteiger partial charge in [0.2, 0.25) is 0 Å². The third-order valence-electron chi connectivity index (χ3n) is 2.78. The molecule has 0 spiro atoms. The van der Waals surface area contributed by atoms with Crippen LogP contribution >= 0.6 is 11.6 Å². The third kappa shape index (κ3) is 2.19. The fourth-order valence-electron chi connectivity index (χ4n) is 1.96. The lowest BCUT2D eigenvalue weighted by Crippen LogP contribution is -2.04. The minimum Gasteiger partial charge on any atom is -0.327 e. The number of alkyl halides is 4. The van der Waals surface area contributed by atoms with Crippen molar-refractivity contribution in [2.75, 3.05) is 0 Å². The van der Waals surface area contributed by atoms with E-state index in [0.717, 1.165) is 12.1 Å². The van der Waals surface area contributed by atoms with Crippen LogP contribution in [-0.2, 0) is 12.7 Å². The molecule has 98 valence electrons. The molecule has 0 N–H and O–H groups in total. The largest absolute Gasteiger partial charge is 0.416 e. The van der Waals surface area contributed by atoms with Gasteiger partial charge in [-0.3, -0.25) is 0 Å². The number of aromatic nitrogens is 2. The molecular formula is C12H12ClF3N2. The Hall–Kier alpha value is -1.23. The van der Waals surface area contributed by atoms with E-state index in [0.29, 0.717) is 23.4 Å². The Balaban J connectivity index is 2.66. The number of fused-ring (bicyclic) bond motifs is 1. The first kappa shape index (κ1) is 13.2. The summed E-state index contributed by atoms with van der Waals surface area (Å²) in [7, 11) is 0. The van der Waals surface area contributed by atoms with E-state index in [9.17, 15) is 13.2 Å². The Morgan fingerprint density at radius 1 is 1.39 bits per heavy atom. The average molecular weight is 277 g/mol. The first-order chi connectivity index (χ1) is 8.34. The van der Waals surface area contributed by atoms with Gasteiger partial charge in [-0.25, -0.2) is 4.98 Å². The molecule has 6 heteroatoms. The van der Waals surface area contributed by atoms with Gasteiger partial charge in [-0.05, 0) is 32.0 Å². The zero-order valence-electron chi connectivity index (χ0n) is 9.92. The normalized spacial score (nSPS) is 14.1. The standard InChI is InChI=1S/C12H12ClF3N2/c1-3-18-10-5-4-8(12(14,15)16)6-9(10)17-11(18)7(2)13/h4-7H,3H2,1-2H3. The number of nitrogens with zero attached hydrogens (tertiary/aromatic N) is 2. The molecule has 1 heterocycles. The van der Waals surface area contributed by atoms with E-state index < -0.39 is 11.7 Å². The summed E-state index contributed by atoms with van der Waals surface area (Å²) in [6.45, 7) is 4.27. The maximum Gasteiger partial charge on any atom is 0.416 e. The van der Waals surface area contributed by atoms with Gasteiger partial charge in [0.05, 0.1) is 22.0 Å². The van der Waals surface area contributed by atoms with Crippen molar-refractivity contribution < 1.29 is 13.2 Å². The summed E-state index contributed by atoms with van der Waals surface area (Å²) in [5.74, 6) is 0.591. The van der Waals surface area contributed by atoms with E-state index in [-0.39, 0.29) is 5.38 Å². The highest BCUT2D eigenvalue weighted by atomic mass is 35.5. The number of rotatable bonds is 2. The van der Waals surface area contributed by atoms with E-state index in [1.807, 2.05) is 11.5 Å². The minimum atomic E-state index is -4.35. The highest BCUT2D eigenvalue weighted by Gasteiger charge is 2.31. The van der Waals surface area contributed by atoms with Gasteiger partial charge in [0, 0.05) is 6.54 Å². The second-order valence-corrected chi connectivity index (χ2v) is 4.69. The van der Waals surface area contributed by atoms with Gasteiger partial charge in [0.25, 0.3) is 0 Å². The highest BCUT2D eigenvalue weighted by Crippen LogP contribution is 2.32. The van der Waals surface area contributed by atoms with Crippen LogP contribution in [0.3, 0.4) is 0 Å². The number of hydrogen-bond acceptors (Lipinski definition) is 1. The molecule has 0 amide bonds. The number of halogens is 4. The number of hydrogen-bond donors (Lipinski definition) is 0. The molecule has 0 aliphatic rings. The van der Waals surface area contributed by atoms with Crippen LogP contribution in [0.2, 0.25) is 0 Å². The maximum absolute atomic E-state index is 12.6. The van der Waals surface area contributed by atoms with Crippen molar-refractivity contribution >= 4 is 22.6 Å². The molecule has 0 saturated carbocycles. The lowest BCUT2D eigenvalue weighted by molar-refractivity contribution is -0.137. The Morgan fingerprint density at radius 3 is 2.56 bits per heavy atom. The summed E-state index contributed by atoms with van der Waals surface area (Å²) in [5, 5.41) is -0.341. The zero-order valence-corrected chi connectivity index (χ0v) is 10.7. The van der Waals surface area contributed by atoms with Crippen LogP contribution in [0.5, 0.6) is 0 Å². The van der Waals surface area contributed by atoms with Crippen LogP contribution in [0, 0.1) is 0 Å². The van der Waals surface area contributed by atoms with Gasteiger partial charge >= 0.3 is 6.18 Å². The maximum atomic E-state index is 12.6. The van der Waals surface area contributed by atoms with E-state index in [1.54, 1.807) is 6.92 Å². The molecule has 0 fully saturated rings. The summed E-state index contributed by atoms with van der Waals surface area (Å²) in [5.41, 5.74) is 0.312. The molecular weight excluding hydrogens is 265 g/mol. The summed E-state index contributed by atoms with van der Waals surface area (Å²) in [6.07, 6.45) is -4.35. The molecule has 0 aliphatic heterocycles. The molecule has 1 atom stereocenters. The molecule has 0 bridgehead atoms. The van der Waals surface area contributed by atoms with Gasteiger partial charge in [0.15, 0.2) is 0 Å². The number of imidazole rings is 1. The second kappa shape index (κ2) is 4.46. The SMILES string of the molecule is CCn1c(C(C)Cl)nc2cc(C(F)(F)F)ccc21. The topological polar surface area (TPSA) is 17.8 Å². The number of aryl methyl sites for hydroxylation is 1. The van der Waals surface area contributed by atoms with Crippen molar-refractivity contribution in [2.24, 2.45) is 0 Å². The smallest absolute Gasteiger partial charge is 0.327 e. The molecule has 1 unspecified atom stereocenters. The first-order valence-corrected chi connectivity index (χ1v) is 5.99. The summed E-state index contributed by atoms with van der Waals surface area (Å²) >= 11 is 5.98.